The number of aliphatic hydroxyl groups excluding tert-OH is 5. The van der Waals surface area contributed by atoms with Crippen molar-refractivity contribution in [2.24, 2.45) is 5.10 Å². The second-order valence-corrected chi connectivity index (χ2v) is 6.87. The van der Waals surface area contributed by atoms with Crippen LogP contribution in [0.3, 0.4) is 0 Å². The Morgan fingerprint density at radius 3 is 2.28 bits per heavy atom. The van der Waals surface area contributed by atoms with Gasteiger partial charge in [-0.3, -0.25) is 15.5 Å². The summed E-state index contributed by atoms with van der Waals surface area (Å²) in [7, 11) is 0. The van der Waals surface area contributed by atoms with Crippen molar-refractivity contribution in [1.29, 1.82) is 5.41 Å². The SMILES string of the molecule is CC(=O)O[C@H]1[C@H](O)[C@H]([N+]2([C@@H]3O[C@H](CO)[C@@H](O)[C@H]3O)N=CC(=N)NC2=O)O[C@@H]1CO. The maximum Gasteiger partial charge on any atom is 0.453 e. The number of quaternary nitrogens is 1. The number of hydrogen-bond acceptors (Lipinski definition) is 12. The van der Waals surface area contributed by atoms with Gasteiger partial charge in [0.15, 0.2) is 24.1 Å². The van der Waals surface area contributed by atoms with E-state index in [-0.39, 0.29) is 0 Å². The summed E-state index contributed by atoms with van der Waals surface area (Å²) in [5.74, 6) is -1.16. The fourth-order valence-electron chi connectivity index (χ4n) is 3.68. The van der Waals surface area contributed by atoms with Crippen LogP contribution in [0.2, 0.25) is 0 Å². The summed E-state index contributed by atoms with van der Waals surface area (Å²) >= 11 is 0. The molecule has 3 aliphatic heterocycles. The number of urea groups is 1. The molecule has 14 nitrogen and oxygen atoms in total. The van der Waals surface area contributed by atoms with E-state index in [4.69, 9.17) is 19.6 Å². The first-order chi connectivity index (χ1) is 13.7. The fourth-order valence-corrected chi connectivity index (χ4v) is 3.68. The van der Waals surface area contributed by atoms with Crippen LogP contribution in [-0.4, -0.2) is 116 Å². The highest BCUT2D eigenvalue weighted by Gasteiger charge is 2.69. The maximum absolute atomic E-state index is 12.9. The number of amides is 2. The average Bonchev–Trinajstić information content (AvgIpc) is 3.13. The van der Waals surface area contributed by atoms with Crippen LogP contribution < -0.4 is 5.32 Å². The van der Waals surface area contributed by atoms with Crippen LogP contribution in [0.5, 0.6) is 0 Å². The molecule has 14 heteroatoms. The topological polar surface area (TPSA) is 211 Å². The minimum atomic E-state index is -1.74. The Morgan fingerprint density at radius 1 is 1.17 bits per heavy atom. The van der Waals surface area contributed by atoms with Crippen molar-refractivity contribution < 1.29 is 53.9 Å². The fraction of sp³-hybridized carbons (Fsp3) is 0.733. The minimum Gasteiger partial charge on any atom is -0.457 e. The smallest absolute Gasteiger partial charge is 0.453 e. The maximum atomic E-state index is 12.9. The van der Waals surface area contributed by atoms with E-state index in [9.17, 15) is 35.1 Å². The number of rotatable bonds is 5. The molecular formula is C15H23N4O10+. The Kier molecular flexibility index (Phi) is 5.98. The third-order valence-corrected chi connectivity index (χ3v) is 5.03. The molecule has 3 aliphatic rings. The minimum absolute atomic E-state index is 0.391. The molecule has 162 valence electrons. The van der Waals surface area contributed by atoms with Crippen molar-refractivity contribution >= 4 is 24.1 Å². The molecule has 0 aromatic carbocycles. The van der Waals surface area contributed by atoms with Crippen LogP contribution in [0.4, 0.5) is 4.79 Å². The number of nitrogens with one attached hydrogen (secondary N) is 2. The lowest BCUT2D eigenvalue weighted by molar-refractivity contribution is -0.952. The van der Waals surface area contributed by atoms with Crippen molar-refractivity contribution in [3.8, 4) is 0 Å². The van der Waals surface area contributed by atoms with E-state index >= 15 is 0 Å². The van der Waals surface area contributed by atoms with Gasteiger partial charge in [0.25, 0.3) is 12.5 Å². The Hall–Kier alpha value is -2.04. The van der Waals surface area contributed by atoms with Gasteiger partial charge >= 0.3 is 12.0 Å². The Bertz CT molecular complexity index is 719. The highest BCUT2D eigenvalue weighted by atomic mass is 16.6. The summed E-state index contributed by atoms with van der Waals surface area (Å²) in [6, 6.07) is -1.04. The number of amidine groups is 1. The first-order valence-corrected chi connectivity index (χ1v) is 8.75. The standard InChI is InChI=1S/C15H22N4O10/c1-5(22)27-12-7(4-21)29-14(11(12)25)19(15(26)18-8(16)2-17-19)13-10(24)9(23)6(3-20)28-13/h2,6-7,9-14,20-21,23-25H,3-4H2,1H3,(H-,16,18,26)/p+1/t6-,7-,9-,10-,11+,12-,13-,14-,19?/m1/s1. The van der Waals surface area contributed by atoms with E-state index in [2.05, 4.69) is 10.4 Å². The second kappa shape index (κ2) is 8.00. The summed E-state index contributed by atoms with van der Waals surface area (Å²) in [5.41, 5.74) is 0. The zero-order valence-electron chi connectivity index (χ0n) is 15.3. The molecule has 0 aromatic rings. The van der Waals surface area contributed by atoms with Gasteiger partial charge in [-0.25, -0.2) is 4.79 Å². The second-order valence-electron chi connectivity index (χ2n) is 6.87. The molecule has 0 bridgehead atoms. The molecule has 9 atom stereocenters. The Labute approximate surface area is 164 Å². The third kappa shape index (κ3) is 3.43. The van der Waals surface area contributed by atoms with Gasteiger partial charge in [0.1, 0.15) is 24.5 Å². The molecule has 2 saturated heterocycles. The first kappa shape index (κ1) is 21.7. The number of esters is 1. The third-order valence-electron chi connectivity index (χ3n) is 5.03. The normalized spacial score (nSPS) is 44.8. The lowest BCUT2D eigenvalue weighted by atomic mass is 10.1. The van der Waals surface area contributed by atoms with Gasteiger partial charge in [0, 0.05) is 6.92 Å². The molecule has 0 radical (unpaired) electrons. The molecule has 2 fully saturated rings. The van der Waals surface area contributed by atoms with Crippen molar-refractivity contribution in [3.63, 3.8) is 0 Å². The van der Waals surface area contributed by atoms with E-state index in [0.29, 0.717) is 0 Å². The predicted octanol–water partition coefficient (Wildman–Crippen LogP) is -4.06. The van der Waals surface area contributed by atoms with Crippen LogP contribution in [0.25, 0.3) is 0 Å². The summed E-state index contributed by atoms with van der Waals surface area (Å²) in [6.07, 6.45) is -11.3. The summed E-state index contributed by atoms with van der Waals surface area (Å²) in [6.45, 7) is -0.278. The quantitative estimate of drug-likeness (QED) is 0.169. The number of ether oxygens (including phenoxy) is 3. The number of aliphatic hydroxyl groups is 5. The van der Waals surface area contributed by atoms with Crippen LogP contribution in [-0.2, 0) is 19.0 Å². The van der Waals surface area contributed by atoms with E-state index in [0.717, 1.165) is 13.1 Å². The molecule has 0 spiro atoms. The number of hydrogen-bond donors (Lipinski definition) is 7. The molecule has 2 amide bonds. The van der Waals surface area contributed by atoms with Crippen molar-refractivity contribution in [1.82, 2.24) is 5.32 Å². The van der Waals surface area contributed by atoms with Gasteiger partial charge in [-0.2, -0.15) is 0 Å². The van der Waals surface area contributed by atoms with E-state index in [1.165, 1.54) is 0 Å². The van der Waals surface area contributed by atoms with Crippen LogP contribution >= 0.6 is 0 Å². The molecule has 0 aliphatic carbocycles. The zero-order chi connectivity index (χ0) is 21.5. The highest BCUT2D eigenvalue weighted by Crippen LogP contribution is 2.39. The van der Waals surface area contributed by atoms with Gasteiger partial charge in [-0.15, -0.1) is 0 Å². The van der Waals surface area contributed by atoms with Gasteiger partial charge in [-0.1, -0.05) is 9.69 Å². The van der Waals surface area contributed by atoms with E-state index < -0.39 is 84.7 Å². The average molecular weight is 419 g/mol. The van der Waals surface area contributed by atoms with Crippen LogP contribution in [0, 0.1) is 5.41 Å². The molecule has 1 unspecified atom stereocenters. The lowest BCUT2D eigenvalue weighted by Gasteiger charge is -2.40. The van der Waals surface area contributed by atoms with Gasteiger partial charge in [-0.05, 0) is 0 Å². The van der Waals surface area contributed by atoms with Gasteiger partial charge in [0.2, 0.25) is 0 Å². The van der Waals surface area contributed by atoms with E-state index in [1.807, 2.05) is 0 Å². The van der Waals surface area contributed by atoms with Crippen molar-refractivity contribution in [3.05, 3.63) is 0 Å². The molecule has 0 aromatic heterocycles. The molecule has 7 N–H and O–H groups in total. The van der Waals surface area contributed by atoms with Crippen LogP contribution in [0.15, 0.2) is 5.10 Å². The Morgan fingerprint density at radius 2 is 1.76 bits per heavy atom. The number of nitrogens with zero attached hydrogens (tertiary/aromatic N) is 2. The van der Waals surface area contributed by atoms with Crippen molar-refractivity contribution in [2.45, 2.75) is 56.0 Å². The first-order valence-electron chi connectivity index (χ1n) is 8.75. The lowest BCUT2D eigenvalue weighted by Crippen LogP contribution is -2.72. The largest absolute Gasteiger partial charge is 0.457 e. The predicted molar refractivity (Wildman–Crippen MR) is 90.1 cm³/mol. The van der Waals surface area contributed by atoms with E-state index in [1.54, 1.807) is 0 Å². The molecule has 3 rings (SSSR count). The molecule has 3 heterocycles. The summed E-state index contributed by atoms with van der Waals surface area (Å²) in [5, 5.41) is 63.9. The number of carbonyl (C=O) groups is 2. The molecule has 0 saturated carbocycles. The summed E-state index contributed by atoms with van der Waals surface area (Å²) < 4.78 is 14.7. The van der Waals surface area contributed by atoms with Gasteiger partial charge in [0.05, 0.1) is 13.2 Å². The highest BCUT2D eigenvalue weighted by molar-refractivity contribution is 6.31. The monoisotopic (exact) mass is 419 g/mol. The Balaban J connectivity index is 2.06. The number of carbonyl (C=O) groups excluding carboxylic acids is 2. The summed E-state index contributed by atoms with van der Waals surface area (Å²) in [4.78, 5) is 24.3. The molecular weight excluding hydrogens is 396 g/mol. The van der Waals surface area contributed by atoms with Gasteiger partial charge < -0.3 is 39.7 Å². The zero-order valence-corrected chi connectivity index (χ0v) is 15.3. The molecule has 29 heavy (non-hydrogen) atoms. The van der Waals surface area contributed by atoms with Crippen LogP contribution in [0.1, 0.15) is 6.92 Å². The van der Waals surface area contributed by atoms with Crippen molar-refractivity contribution in [2.75, 3.05) is 13.2 Å².